The first-order valence-corrected chi connectivity index (χ1v) is 6.37. The number of hydrogen-bond donors (Lipinski definition) is 1. The van der Waals surface area contributed by atoms with Crippen molar-refractivity contribution in [3.05, 3.63) is 23.8 Å². The van der Waals surface area contributed by atoms with Gasteiger partial charge in [0.2, 0.25) is 0 Å². The van der Waals surface area contributed by atoms with Crippen molar-refractivity contribution in [3.63, 3.8) is 0 Å². The van der Waals surface area contributed by atoms with Crippen LogP contribution in [0, 0.1) is 5.92 Å². The summed E-state index contributed by atoms with van der Waals surface area (Å²) in [6, 6.07) is 6.11. The van der Waals surface area contributed by atoms with Crippen LogP contribution >= 0.6 is 0 Å². The lowest BCUT2D eigenvalue weighted by atomic mass is 9.93. The molecule has 1 aliphatic heterocycles. The minimum atomic E-state index is 0.0668. The molecule has 0 saturated carbocycles. The minimum absolute atomic E-state index is 0.0668. The molecule has 0 radical (unpaired) electrons. The molecule has 1 aliphatic rings. The Balaban J connectivity index is 2.23. The Morgan fingerprint density at radius 1 is 1.24 bits per heavy atom. The number of hydrogen-bond acceptors (Lipinski definition) is 3. The van der Waals surface area contributed by atoms with Gasteiger partial charge in [-0.3, -0.25) is 0 Å². The summed E-state index contributed by atoms with van der Waals surface area (Å²) in [6.45, 7) is 5.78. The summed E-state index contributed by atoms with van der Waals surface area (Å²) < 4.78 is 11.3. The molecule has 0 fully saturated rings. The van der Waals surface area contributed by atoms with Crippen molar-refractivity contribution in [1.29, 1.82) is 0 Å². The van der Waals surface area contributed by atoms with Crippen molar-refractivity contribution >= 4 is 0 Å². The third-order valence-electron chi connectivity index (χ3n) is 3.41. The molecule has 2 rings (SSSR count). The third-order valence-corrected chi connectivity index (χ3v) is 3.41. The van der Waals surface area contributed by atoms with Gasteiger partial charge in [-0.25, -0.2) is 0 Å². The highest BCUT2D eigenvalue weighted by molar-refractivity contribution is 5.44. The Labute approximate surface area is 103 Å². The van der Waals surface area contributed by atoms with Gasteiger partial charge in [0, 0.05) is 12.5 Å². The molecule has 0 saturated heterocycles. The van der Waals surface area contributed by atoms with Gasteiger partial charge in [-0.05, 0) is 23.6 Å². The van der Waals surface area contributed by atoms with E-state index in [9.17, 15) is 0 Å². The molecule has 1 aromatic rings. The van der Waals surface area contributed by atoms with Crippen LogP contribution in [0.1, 0.15) is 38.3 Å². The standard InChI is InChI=1S/C14H21NO2/c1-3-10(2)14(15)11-5-6-12-13(9-11)17-8-4-7-16-12/h5-6,9-10,14H,3-4,7-8,15H2,1-2H3/t10-,14-/m1/s1. The number of rotatable bonds is 3. The second-order valence-corrected chi connectivity index (χ2v) is 4.67. The lowest BCUT2D eigenvalue weighted by molar-refractivity contribution is 0.297. The van der Waals surface area contributed by atoms with E-state index in [2.05, 4.69) is 13.8 Å². The Hall–Kier alpha value is -1.22. The van der Waals surface area contributed by atoms with Gasteiger partial charge in [-0.1, -0.05) is 26.3 Å². The molecule has 2 atom stereocenters. The largest absolute Gasteiger partial charge is 0.490 e. The second kappa shape index (κ2) is 5.41. The molecule has 1 heterocycles. The second-order valence-electron chi connectivity index (χ2n) is 4.67. The van der Waals surface area contributed by atoms with Gasteiger partial charge < -0.3 is 15.2 Å². The van der Waals surface area contributed by atoms with E-state index in [0.717, 1.165) is 43.1 Å². The van der Waals surface area contributed by atoms with Crippen LogP contribution in [-0.4, -0.2) is 13.2 Å². The van der Waals surface area contributed by atoms with Crippen LogP contribution in [-0.2, 0) is 0 Å². The maximum atomic E-state index is 6.22. The van der Waals surface area contributed by atoms with Crippen molar-refractivity contribution in [2.75, 3.05) is 13.2 Å². The van der Waals surface area contributed by atoms with E-state index < -0.39 is 0 Å². The fourth-order valence-electron chi connectivity index (χ4n) is 1.97. The normalized spacial score (nSPS) is 18.3. The van der Waals surface area contributed by atoms with Crippen molar-refractivity contribution in [3.8, 4) is 11.5 Å². The molecular formula is C14H21NO2. The van der Waals surface area contributed by atoms with Crippen molar-refractivity contribution < 1.29 is 9.47 Å². The first kappa shape index (κ1) is 12.2. The van der Waals surface area contributed by atoms with Gasteiger partial charge in [0.05, 0.1) is 13.2 Å². The van der Waals surface area contributed by atoms with Gasteiger partial charge in [0.15, 0.2) is 11.5 Å². The smallest absolute Gasteiger partial charge is 0.161 e. The molecule has 1 aromatic carbocycles. The zero-order valence-corrected chi connectivity index (χ0v) is 10.6. The van der Waals surface area contributed by atoms with E-state index in [1.165, 1.54) is 0 Å². The first-order valence-electron chi connectivity index (χ1n) is 6.37. The summed E-state index contributed by atoms with van der Waals surface area (Å²) in [5.74, 6) is 2.14. The predicted octanol–water partition coefficient (Wildman–Crippen LogP) is 2.89. The lowest BCUT2D eigenvalue weighted by Crippen LogP contribution is -2.18. The topological polar surface area (TPSA) is 44.5 Å². The summed E-state index contributed by atoms with van der Waals surface area (Å²) >= 11 is 0. The molecule has 0 unspecified atom stereocenters. The summed E-state index contributed by atoms with van der Waals surface area (Å²) in [7, 11) is 0. The molecule has 0 aromatic heterocycles. The molecule has 94 valence electrons. The van der Waals surface area contributed by atoms with Gasteiger partial charge >= 0.3 is 0 Å². The molecular weight excluding hydrogens is 214 g/mol. The molecule has 17 heavy (non-hydrogen) atoms. The lowest BCUT2D eigenvalue weighted by Gasteiger charge is -2.20. The van der Waals surface area contributed by atoms with Crippen LogP contribution in [0.5, 0.6) is 11.5 Å². The van der Waals surface area contributed by atoms with E-state index >= 15 is 0 Å². The maximum absolute atomic E-state index is 6.22. The van der Waals surface area contributed by atoms with E-state index in [1.807, 2.05) is 18.2 Å². The Kier molecular flexibility index (Phi) is 3.89. The molecule has 3 heteroatoms. The highest BCUT2D eigenvalue weighted by Gasteiger charge is 2.17. The average molecular weight is 235 g/mol. The van der Waals surface area contributed by atoms with Crippen LogP contribution < -0.4 is 15.2 Å². The summed E-state index contributed by atoms with van der Waals surface area (Å²) in [5.41, 5.74) is 7.35. The van der Waals surface area contributed by atoms with Crippen molar-refractivity contribution in [1.82, 2.24) is 0 Å². The van der Waals surface area contributed by atoms with E-state index in [-0.39, 0.29) is 6.04 Å². The predicted molar refractivity (Wildman–Crippen MR) is 68.4 cm³/mol. The number of ether oxygens (including phenoxy) is 2. The zero-order chi connectivity index (χ0) is 12.3. The van der Waals surface area contributed by atoms with Crippen molar-refractivity contribution in [2.45, 2.75) is 32.7 Å². The van der Waals surface area contributed by atoms with Crippen LogP contribution in [0.2, 0.25) is 0 Å². The van der Waals surface area contributed by atoms with Gasteiger partial charge in [-0.2, -0.15) is 0 Å². The monoisotopic (exact) mass is 235 g/mol. The van der Waals surface area contributed by atoms with Crippen LogP contribution in [0.15, 0.2) is 18.2 Å². The Morgan fingerprint density at radius 2 is 1.94 bits per heavy atom. The van der Waals surface area contributed by atoms with Crippen LogP contribution in [0.3, 0.4) is 0 Å². The summed E-state index contributed by atoms with van der Waals surface area (Å²) in [5, 5.41) is 0. The number of fused-ring (bicyclic) bond motifs is 1. The Bertz CT molecular complexity index is 378. The van der Waals surface area contributed by atoms with E-state index in [1.54, 1.807) is 0 Å². The van der Waals surface area contributed by atoms with Gasteiger partial charge in [0.1, 0.15) is 0 Å². The van der Waals surface area contributed by atoms with E-state index in [0.29, 0.717) is 5.92 Å². The quantitative estimate of drug-likeness (QED) is 0.876. The molecule has 0 bridgehead atoms. The fraction of sp³-hybridized carbons (Fsp3) is 0.571. The molecule has 0 aliphatic carbocycles. The van der Waals surface area contributed by atoms with Gasteiger partial charge in [-0.15, -0.1) is 0 Å². The zero-order valence-electron chi connectivity index (χ0n) is 10.6. The number of benzene rings is 1. The summed E-state index contributed by atoms with van der Waals surface area (Å²) in [4.78, 5) is 0. The van der Waals surface area contributed by atoms with Crippen LogP contribution in [0.4, 0.5) is 0 Å². The average Bonchev–Trinajstić information content (AvgIpc) is 2.61. The molecule has 0 amide bonds. The third kappa shape index (κ3) is 2.72. The highest BCUT2D eigenvalue weighted by atomic mass is 16.5. The minimum Gasteiger partial charge on any atom is -0.490 e. The fourth-order valence-corrected chi connectivity index (χ4v) is 1.97. The van der Waals surface area contributed by atoms with Gasteiger partial charge in [0.25, 0.3) is 0 Å². The maximum Gasteiger partial charge on any atom is 0.161 e. The SMILES string of the molecule is CC[C@@H](C)[C@@H](N)c1ccc2c(c1)OCCCO2. The van der Waals surface area contributed by atoms with E-state index in [4.69, 9.17) is 15.2 Å². The summed E-state index contributed by atoms with van der Waals surface area (Å²) in [6.07, 6.45) is 2.01. The molecule has 0 spiro atoms. The molecule has 3 nitrogen and oxygen atoms in total. The molecule has 2 N–H and O–H groups in total. The van der Waals surface area contributed by atoms with Crippen LogP contribution in [0.25, 0.3) is 0 Å². The Morgan fingerprint density at radius 3 is 2.65 bits per heavy atom. The number of nitrogens with two attached hydrogens (primary N) is 1. The highest BCUT2D eigenvalue weighted by Crippen LogP contribution is 2.33. The van der Waals surface area contributed by atoms with Crippen molar-refractivity contribution in [2.24, 2.45) is 11.7 Å². The first-order chi connectivity index (χ1) is 8.22.